The lowest BCUT2D eigenvalue weighted by Gasteiger charge is -2.02. The van der Waals surface area contributed by atoms with Crippen LogP contribution in [0.4, 0.5) is 0 Å². The van der Waals surface area contributed by atoms with Crippen molar-refractivity contribution >= 4 is 32.7 Å². The van der Waals surface area contributed by atoms with E-state index in [1.165, 1.54) is 0 Å². The summed E-state index contributed by atoms with van der Waals surface area (Å²) in [4.78, 5) is 0. The van der Waals surface area contributed by atoms with Crippen molar-refractivity contribution in [1.82, 2.24) is 0 Å². The summed E-state index contributed by atoms with van der Waals surface area (Å²) in [5, 5.41) is 12.2. The fourth-order valence-electron chi connectivity index (χ4n) is 0.892. The van der Waals surface area contributed by atoms with E-state index in [1.54, 1.807) is 6.07 Å². The normalized spacial score (nSPS) is 11.7. The van der Waals surface area contributed by atoms with Crippen LogP contribution in [0, 0.1) is 0 Å². The molecule has 0 saturated carbocycles. The highest BCUT2D eigenvalue weighted by Gasteiger charge is 2.04. The second kappa shape index (κ2) is 4.48. The van der Waals surface area contributed by atoms with E-state index in [0.717, 1.165) is 11.1 Å². The highest BCUT2D eigenvalue weighted by atomic mass is 79.9. The molecule has 0 unspecified atom stereocenters. The van der Waals surface area contributed by atoms with Crippen LogP contribution in [0.5, 0.6) is 0 Å². The van der Waals surface area contributed by atoms with Crippen LogP contribution in [0.25, 0.3) is 0 Å². The summed E-state index contributed by atoms with van der Waals surface area (Å²) in [6, 6.07) is 7.47. The van der Waals surface area contributed by atoms with Gasteiger partial charge in [-0.3, -0.25) is 0 Å². The largest absolute Gasteiger partial charge is 0.410 e. The van der Waals surface area contributed by atoms with Gasteiger partial charge in [-0.05, 0) is 5.56 Å². The lowest BCUT2D eigenvalue weighted by Crippen LogP contribution is -1.95. The Balaban J connectivity index is 3.13. The second-order valence-corrected chi connectivity index (χ2v) is 3.10. The Morgan fingerprint density at radius 3 is 2.75 bits per heavy atom. The van der Waals surface area contributed by atoms with Crippen molar-refractivity contribution in [3.63, 3.8) is 0 Å². The van der Waals surface area contributed by atoms with E-state index < -0.39 is 0 Å². The summed E-state index contributed by atoms with van der Waals surface area (Å²) in [6.45, 7) is 0. The summed E-state index contributed by atoms with van der Waals surface area (Å²) >= 11 is 8.96. The quantitative estimate of drug-likeness (QED) is 0.371. The predicted octanol–water partition coefficient (Wildman–Crippen LogP) is 2.96. The Hall–Kier alpha value is -0.540. The Kier molecular flexibility index (Phi) is 3.56. The molecule has 0 aliphatic rings. The Morgan fingerprint density at radius 1 is 1.50 bits per heavy atom. The SMILES string of the molecule is ON=C(Cl)c1ccccc1CBr. The maximum absolute atomic E-state index is 8.45. The molecule has 1 N–H and O–H groups in total. The van der Waals surface area contributed by atoms with Crippen LogP contribution in [0.2, 0.25) is 0 Å². The first-order valence-corrected chi connectivity index (χ1v) is 4.81. The maximum Gasteiger partial charge on any atom is 0.175 e. The van der Waals surface area contributed by atoms with Gasteiger partial charge in [-0.25, -0.2) is 0 Å². The van der Waals surface area contributed by atoms with Crippen LogP contribution < -0.4 is 0 Å². The van der Waals surface area contributed by atoms with Gasteiger partial charge in [0.25, 0.3) is 0 Å². The molecule has 0 saturated heterocycles. The van der Waals surface area contributed by atoms with Gasteiger partial charge in [0, 0.05) is 10.9 Å². The molecule has 0 atom stereocenters. The molecule has 1 rings (SSSR count). The van der Waals surface area contributed by atoms with Gasteiger partial charge in [0.15, 0.2) is 5.17 Å². The van der Waals surface area contributed by atoms with Crippen molar-refractivity contribution in [2.24, 2.45) is 5.16 Å². The fourth-order valence-corrected chi connectivity index (χ4v) is 1.57. The zero-order valence-electron chi connectivity index (χ0n) is 6.17. The van der Waals surface area contributed by atoms with Crippen LogP contribution in [0.1, 0.15) is 11.1 Å². The average Bonchev–Trinajstić information content (AvgIpc) is 2.16. The number of hydrogen-bond donors (Lipinski definition) is 1. The predicted molar refractivity (Wildman–Crippen MR) is 53.2 cm³/mol. The lowest BCUT2D eigenvalue weighted by molar-refractivity contribution is 0.321. The summed E-state index contributed by atoms with van der Waals surface area (Å²) < 4.78 is 0. The summed E-state index contributed by atoms with van der Waals surface area (Å²) in [6.07, 6.45) is 0. The molecule has 0 spiro atoms. The molecular weight excluding hydrogens is 241 g/mol. The molecule has 0 bridgehead atoms. The first-order chi connectivity index (χ1) is 5.79. The van der Waals surface area contributed by atoms with Crippen molar-refractivity contribution in [3.05, 3.63) is 35.4 Å². The first kappa shape index (κ1) is 9.55. The van der Waals surface area contributed by atoms with Crippen molar-refractivity contribution in [1.29, 1.82) is 0 Å². The molecule has 1 aromatic carbocycles. The number of nitrogens with zero attached hydrogens (tertiary/aromatic N) is 1. The molecule has 0 amide bonds. The Morgan fingerprint density at radius 2 is 2.17 bits per heavy atom. The zero-order chi connectivity index (χ0) is 8.97. The Bertz CT molecular complexity index is 301. The van der Waals surface area contributed by atoms with Crippen LogP contribution in [-0.2, 0) is 5.33 Å². The van der Waals surface area contributed by atoms with Crippen molar-refractivity contribution in [2.75, 3.05) is 0 Å². The molecule has 0 heterocycles. The molecule has 0 fully saturated rings. The summed E-state index contributed by atoms with van der Waals surface area (Å²) in [5.74, 6) is 0. The number of rotatable bonds is 2. The van der Waals surface area contributed by atoms with E-state index >= 15 is 0 Å². The minimum atomic E-state index is 0.116. The van der Waals surface area contributed by atoms with Gasteiger partial charge in [-0.2, -0.15) is 0 Å². The third-order valence-electron chi connectivity index (χ3n) is 1.47. The smallest absolute Gasteiger partial charge is 0.175 e. The molecule has 0 aliphatic carbocycles. The van der Waals surface area contributed by atoms with E-state index in [9.17, 15) is 0 Å². The Labute approximate surface area is 84.0 Å². The van der Waals surface area contributed by atoms with E-state index in [1.807, 2.05) is 18.2 Å². The zero-order valence-corrected chi connectivity index (χ0v) is 8.51. The topological polar surface area (TPSA) is 32.6 Å². The van der Waals surface area contributed by atoms with Gasteiger partial charge in [0.05, 0.1) is 0 Å². The van der Waals surface area contributed by atoms with E-state index in [0.29, 0.717) is 5.33 Å². The summed E-state index contributed by atoms with van der Waals surface area (Å²) in [7, 11) is 0. The lowest BCUT2D eigenvalue weighted by atomic mass is 10.1. The molecular formula is C8H7BrClNO. The van der Waals surface area contributed by atoms with Crippen LogP contribution in [0.3, 0.4) is 0 Å². The molecule has 64 valence electrons. The van der Waals surface area contributed by atoms with E-state index in [-0.39, 0.29) is 5.17 Å². The highest BCUT2D eigenvalue weighted by Crippen LogP contribution is 2.14. The van der Waals surface area contributed by atoms with Crippen LogP contribution in [-0.4, -0.2) is 10.4 Å². The minimum Gasteiger partial charge on any atom is -0.410 e. The van der Waals surface area contributed by atoms with E-state index in [4.69, 9.17) is 16.8 Å². The first-order valence-electron chi connectivity index (χ1n) is 3.31. The van der Waals surface area contributed by atoms with Gasteiger partial charge >= 0.3 is 0 Å². The standard InChI is InChI=1S/C8H7BrClNO/c9-5-6-3-1-2-4-7(6)8(10)11-12/h1-4,12H,5H2. The number of alkyl halides is 1. The molecule has 2 nitrogen and oxygen atoms in total. The monoisotopic (exact) mass is 247 g/mol. The van der Waals surface area contributed by atoms with Gasteiger partial charge in [-0.1, -0.05) is 57.0 Å². The van der Waals surface area contributed by atoms with Crippen molar-refractivity contribution in [3.8, 4) is 0 Å². The van der Waals surface area contributed by atoms with E-state index in [2.05, 4.69) is 21.1 Å². The number of oxime groups is 1. The van der Waals surface area contributed by atoms with Crippen molar-refractivity contribution in [2.45, 2.75) is 5.33 Å². The number of benzene rings is 1. The third kappa shape index (κ3) is 1.99. The second-order valence-electron chi connectivity index (χ2n) is 2.18. The van der Waals surface area contributed by atoms with Crippen molar-refractivity contribution < 1.29 is 5.21 Å². The fraction of sp³-hybridized carbons (Fsp3) is 0.125. The molecule has 12 heavy (non-hydrogen) atoms. The minimum absolute atomic E-state index is 0.116. The molecule has 4 heteroatoms. The molecule has 0 radical (unpaired) electrons. The maximum atomic E-state index is 8.45. The van der Waals surface area contributed by atoms with Gasteiger partial charge in [-0.15, -0.1) is 0 Å². The highest BCUT2D eigenvalue weighted by molar-refractivity contribution is 9.08. The van der Waals surface area contributed by atoms with Gasteiger partial charge in [0.1, 0.15) is 0 Å². The van der Waals surface area contributed by atoms with Gasteiger partial charge < -0.3 is 5.21 Å². The van der Waals surface area contributed by atoms with Crippen LogP contribution in [0.15, 0.2) is 29.4 Å². The van der Waals surface area contributed by atoms with Gasteiger partial charge in [0.2, 0.25) is 0 Å². The van der Waals surface area contributed by atoms with Crippen LogP contribution >= 0.6 is 27.5 Å². The molecule has 0 aliphatic heterocycles. The molecule has 1 aromatic rings. The number of hydrogen-bond acceptors (Lipinski definition) is 2. The average molecular weight is 249 g/mol. The third-order valence-corrected chi connectivity index (χ3v) is 2.35. The molecule has 0 aromatic heterocycles. The summed E-state index contributed by atoms with van der Waals surface area (Å²) in [5.41, 5.74) is 1.75. The number of halogens is 2.